The van der Waals surface area contributed by atoms with Crippen LogP contribution >= 0.6 is 0 Å². The van der Waals surface area contributed by atoms with E-state index in [4.69, 9.17) is 0 Å². The molecule has 464 valence electrons. The summed E-state index contributed by atoms with van der Waals surface area (Å²) in [4.78, 5) is 1.92. The summed E-state index contributed by atoms with van der Waals surface area (Å²) < 4.78 is 221. The van der Waals surface area contributed by atoms with Crippen molar-refractivity contribution in [3.8, 4) is 5.75 Å². The van der Waals surface area contributed by atoms with Gasteiger partial charge < -0.3 is 10.0 Å². The first-order chi connectivity index (χ1) is 39.4. The van der Waals surface area contributed by atoms with Crippen molar-refractivity contribution in [2.75, 3.05) is 19.6 Å². The minimum atomic E-state index is -5.99. The third-order valence-electron chi connectivity index (χ3n) is 16.1. The third kappa shape index (κ3) is 20.7. The van der Waals surface area contributed by atoms with Gasteiger partial charge >= 0.3 is 0 Å². The molecule has 0 radical (unpaired) electrons. The van der Waals surface area contributed by atoms with E-state index in [1.54, 1.807) is 0 Å². The van der Waals surface area contributed by atoms with Gasteiger partial charge in [-0.1, -0.05) is 225 Å². The SMILES string of the molecule is CCCCCCCCCCCCCCCCCC[NH+](CCCC)CCCCCCCCCCCCCCCCCC.Oc1ccccc1[B-](c1c(F)c(F)c(F)c(F)c1F)(c1c(F)c(F)c(F)c(F)c1F)c1c(F)c(F)c(F)c(F)c1F. The largest absolute Gasteiger partial charge is 0.511 e. The van der Waals surface area contributed by atoms with E-state index >= 15 is 26.3 Å². The normalized spacial score (nSPS) is 11.8. The molecular weight excluding hydrogens is 1090 g/mol. The number of rotatable bonds is 41. The second kappa shape index (κ2) is 39.3. The predicted molar refractivity (Wildman–Crippen MR) is 301 cm³/mol. The lowest BCUT2D eigenvalue weighted by Gasteiger charge is -2.44. The summed E-state index contributed by atoms with van der Waals surface area (Å²) in [6, 6.07) is 1.92. The molecule has 4 aromatic rings. The molecule has 0 bridgehead atoms. The molecule has 82 heavy (non-hydrogen) atoms. The van der Waals surface area contributed by atoms with Crippen molar-refractivity contribution < 1.29 is 75.9 Å². The van der Waals surface area contributed by atoms with Gasteiger partial charge in [0.05, 0.1) is 25.4 Å². The number of benzene rings is 4. The molecule has 0 aliphatic heterocycles. The van der Waals surface area contributed by atoms with Crippen molar-refractivity contribution in [2.24, 2.45) is 0 Å². The Hall–Kier alpha value is -4.35. The summed E-state index contributed by atoms with van der Waals surface area (Å²) in [7, 11) is 0. The average Bonchev–Trinajstić information content (AvgIpc) is 0.951. The summed E-state index contributed by atoms with van der Waals surface area (Å²) >= 11 is 0. The molecule has 0 amide bonds. The van der Waals surface area contributed by atoms with Gasteiger partial charge in [-0.2, -0.15) is 5.46 Å². The van der Waals surface area contributed by atoms with Gasteiger partial charge in [-0.05, 0) is 38.2 Å². The smallest absolute Gasteiger partial charge is 0.200 e. The number of phenols is 1. The molecule has 0 aliphatic rings. The highest BCUT2D eigenvalue weighted by molar-refractivity contribution is 7.20. The number of quaternary nitrogens is 1. The summed E-state index contributed by atoms with van der Waals surface area (Å²) in [5.41, 5.74) is -10.3. The van der Waals surface area contributed by atoms with Crippen molar-refractivity contribution in [1.29, 1.82) is 0 Å². The Labute approximate surface area is 478 Å². The lowest BCUT2D eigenvalue weighted by atomic mass is 9.12. The molecule has 0 spiro atoms. The minimum Gasteiger partial charge on any atom is -0.511 e. The van der Waals surface area contributed by atoms with Crippen molar-refractivity contribution in [3.05, 3.63) is 112 Å². The van der Waals surface area contributed by atoms with Gasteiger partial charge in [0.15, 0.2) is 52.4 Å². The lowest BCUT2D eigenvalue weighted by molar-refractivity contribution is -0.900. The molecule has 4 aromatic carbocycles. The topological polar surface area (TPSA) is 24.7 Å². The van der Waals surface area contributed by atoms with E-state index in [-0.39, 0.29) is 6.07 Å². The minimum absolute atomic E-state index is 0.184. The number of para-hydroxylation sites is 1. The van der Waals surface area contributed by atoms with E-state index in [0.29, 0.717) is 12.1 Å². The van der Waals surface area contributed by atoms with Crippen LogP contribution in [0.5, 0.6) is 5.75 Å². The van der Waals surface area contributed by atoms with Crippen LogP contribution in [0.3, 0.4) is 0 Å². The maximum absolute atomic E-state index is 15.4. The Bertz CT molecular complexity index is 2200. The molecule has 0 atom stereocenters. The van der Waals surface area contributed by atoms with Crippen LogP contribution in [0.2, 0.25) is 0 Å². The fourth-order valence-corrected chi connectivity index (χ4v) is 11.4. The van der Waals surface area contributed by atoms with Gasteiger partial charge in [-0.3, -0.25) is 0 Å². The molecule has 4 rings (SSSR count). The zero-order chi connectivity index (χ0) is 60.6. The standard InChI is InChI=1S/C40H83N.C24H5BF15O/c1-4-7-10-12-14-16-18-20-22-24-26-28-30-32-34-36-39-41(38-9-6-3)40-37-35-33-31-29-27-25-23-21-19-17-15-13-11-8-5-2;26-10-7(11(27)17(33)22(38)16(10)32)25(5-3-1-2-4-6(5)41,8-12(28)18(34)23(39)19(35)13(8)29)9-14(30)20(36)24(40)21(37)15(9)31/h4-40H2,1-3H3;1-4,41H/q;-1/p+1. The molecule has 0 heterocycles. The fraction of sp³-hybridized carbons (Fsp3) is 0.625. The van der Waals surface area contributed by atoms with Gasteiger partial charge in [0.2, 0.25) is 0 Å². The Balaban J connectivity index is 0.000000430. The zero-order valence-electron chi connectivity index (χ0n) is 48.7. The maximum atomic E-state index is 15.4. The number of unbranched alkanes of at least 4 members (excludes halogenated alkanes) is 31. The summed E-state index contributed by atoms with van der Waals surface area (Å²) in [5.74, 6) is -48.4. The highest BCUT2D eigenvalue weighted by Crippen LogP contribution is 2.30. The highest BCUT2D eigenvalue weighted by atomic mass is 19.2. The average molecular weight is 1180 g/mol. The Morgan fingerprint density at radius 2 is 0.463 bits per heavy atom. The summed E-state index contributed by atoms with van der Waals surface area (Å²) in [6.45, 7) is 11.3. The van der Waals surface area contributed by atoms with Gasteiger partial charge in [0, 0.05) is 0 Å². The number of halogens is 15. The third-order valence-corrected chi connectivity index (χ3v) is 16.1. The molecule has 2 nitrogen and oxygen atoms in total. The van der Waals surface area contributed by atoms with Crippen LogP contribution in [0, 0.1) is 87.3 Å². The second-order valence-corrected chi connectivity index (χ2v) is 22.3. The van der Waals surface area contributed by atoms with Gasteiger partial charge in [0.1, 0.15) is 41.0 Å². The van der Waals surface area contributed by atoms with E-state index in [9.17, 15) is 44.6 Å². The van der Waals surface area contributed by atoms with Crippen LogP contribution in [-0.2, 0) is 0 Å². The van der Waals surface area contributed by atoms with Crippen LogP contribution in [0.15, 0.2) is 24.3 Å². The lowest BCUT2D eigenvalue weighted by Crippen LogP contribution is -3.12. The monoisotopic (exact) mass is 1180 g/mol. The number of phenolic OH excluding ortho intramolecular Hbond substituents is 1. The number of nitrogens with one attached hydrogen (secondary N) is 1. The quantitative estimate of drug-likeness (QED) is 0.0150. The molecule has 2 N–H and O–H groups in total. The van der Waals surface area contributed by atoms with Crippen LogP contribution < -0.4 is 26.8 Å². The molecule has 18 heteroatoms. The summed E-state index contributed by atoms with van der Waals surface area (Å²) in [6.07, 6.45) is 44.0. The van der Waals surface area contributed by atoms with Gasteiger partial charge in [0.25, 0.3) is 0 Å². The van der Waals surface area contributed by atoms with Crippen LogP contribution in [0.1, 0.15) is 239 Å². The molecule has 0 fully saturated rings. The Morgan fingerprint density at radius 3 is 0.695 bits per heavy atom. The Kier molecular flexibility index (Phi) is 34.5. The van der Waals surface area contributed by atoms with Crippen molar-refractivity contribution in [2.45, 2.75) is 239 Å². The molecule has 0 saturated carbocycles. The van der Waals surface area contributed by atoms with E-state index in [0.717, 1.165) is 6.07 Å². The van der Waals surface area contributed by atoms with Crippen LogP contribution in [0.4, 0.5) is 65.9 Å². The number of hydrogen-bond acceptors (Lipinski definition) is 1. The van der Waals surface area contributed by atoms with E-state index in [1.807, 2.05) is 4.90 Å². The first-order valence-corrected chi connectivity index (χ1v) is 30.7. The van der Waals surface area contributed by atoms with E-state index in [1.165, 1.54) is 238 Å². The maximum Gasteiger partial charge on any atom is 0.200 e. The highest BCUT2D eigenvalue weighted by Gasteiger charge is 2.50. The molecule has 0 saturated heterocycles. The van der Waals surface area contributed by atoms with Crippen molar-refractivity contribution >= 4 is 28.0 Å². The summed E-state index contributed by atoms with van der Waals surface area (Å²) in [5, 5.41) is 10.5. The predicted octanol–water partition coefficient (Wildman–Crippen LogP) is 18.1. The molecule has 0 aliphatic carbocycles. The molecular formula is C64H89BF15NO. The van der Waals surface area contributed by atoms with E-state index in [2.05, 4.69) is 20.8 Å². The molecule has 0 aromatic heterocycles. The van der Waals surface area contributed by atoms with Crippen LogP contribution in [-0.4, -0.2) is 30.9 Å². The van der Waals surface area contributed by atoms with Crippen molar-refractivity contribution in [3.63, 3.8) is 0 Å². The number of aromatic hydroxyl groups is 1. The van der Waals surface area contributed by atoms with Gasteiger partial charge in [-0.25, -0.2) is 65.9 Å². The van der Waals surface area contributed by atoms with Crippen LogP contribution in [0.25, 0.3) is 0 Å². The first kappa shape index (κ1) is 71.9. The second-order valence-electron chi connectivity index (χ2n) is 22.3. The fourth-order valence-electron chi connectivity index (χ4n) is 11.4. The van der Waals surface area contributed by atoms with E-state index < -0.39 is 121 Å². The molecule has 0 unspecified atom stereocenters. The van der Waals surface area contributed by atoms with Crippen molar-refractivity contribution in [1.82, 2.24) is 0 Å². The first-order valence-electron chi connectivity index (χ1n) is 30.7. The Morgan fingerprint density at radius 1 is 0.268 bits per heavy atom. The number of hydrogen-bond donors (Lipinski definition) is 2. The van der Waals surface area contributed by atoms with Gasteiger partial charge in [-0.15, -0.1) is 16.4 Å². The zero-order valence-corrected chi connectivity index (χ0v) is 48.7.